The van der Waals surface area contributed by atoms with Crippen LogP contribution in [0.4, 0.5) is 0 Å². The molecule has 0 amide bonds. The van der Waals surface area contributed by atoms with E-state index in [2.05, 4.69) is 20.8 Å². The van der Waals surface area contributed by atoms with Crippen molar-refractivity contribution in [3.05, 3.63) is 24.0 Å². The summed E-state index contributed by atoms with van der Waals surface area (Å²) in [4.78, 5) is 11.7. The first-order chi connectivity index (χ1) is 6.38. The van der Waals surface area contributed by atoms with Gasteiger partial charge in [0, 0.05) is 29.8 Å². The quantitative estimate of drug-likeness (QED) is 0.717. The van der Waals surface area contributed by atoms with Gasteiger partial charge in [0.15, 0.2) is 5.78 Å². The molecule has 0 fully saturated rings. The monoisotopic (exact) mass is 211 g/mol. The van der Waals surface area contributed by atoms with Gasteiger partial charge in [-0.05, 0) is 6.07 Å². The smallest absolute Gasteiger partial charge is 0.174 e. The SMILES string of the molecule is Cn1ccc(C(=O)CSC(C)(C)C)c1. The van der Waals surface area contributed by atoms with Gasteiger partial charge >= 0.3 is 0 Å². The highest BCUT2D eigenvalue weighted by molar-refractivity contribution is 8.01. The number of ketones is 1. The summed E-state index contributed by atoms with van der Waals surface area (Å²) in [6.45, 7) is 6.36. The summed E-state index contributed by atoms with van der Waals surface area (Å²) in [7, 11) is 1.92. The number of aryl methyl sites for hydroxylation is 1. The molecule has 0 N–H and O–H groups in total. The summed E-state index contributed by atoms with van der Waals surface area (Å²) < 4.78 is 2.05. The van der Waals surface area contributed by atoms with E-state index in [4.69, 9.17) is 0 Å². The second kappa shape index (κ2) is 4.22. The summed E-state index contributed by atoms with van der Waals surface area (Å²) in [5.74, 6) is 0.776. The number of carbonyl (C=O) groups excluding carboxylic acids is 1. The molecule has 0 saturated carbocycles. The Bertz CT molecular complexity index is 322. The van der Waals surface area contributed by atoms with Crippen molar-refractivity contribution in [2.45, 2.75) is 25.5 Å². The minimum Gasteiger partial charge on any atom is -0.357 e. The molecule has 14 heavy (non-hydrogen) atoms. The molecule has 0 atom stereocenters. The first kappa shape index (κ1) is 11.4. The van der Waals surface area contributed by atoms with Gasteiger partial charge in [-0.15, -0.1) is 11.8 Å². The highest BCUT2D eigenvalue weighted by Crippen LogP contribution is 2.23. The Morgan fingerprint density at radius 2 is 2.14 bits per heavy atom. The Morgan fingerprint density at radius 3 is 2.57 bits per heavy atom. The van der Waals surface area contributed by atoms with Crippen molar-refractivity contribution < 1.29 is 4.79 Å². The van der Waals surface area contributed by atoms with Gasteiger partial charge in [-0.2, -0.15) is 0 Å². The summed E-state index contributed by atoms with van der Waals surface area (Å²) in [5, 5.41) is 0. The average Bonchev–Trinajstić information content (AvgIpc) is 2.46. The summed E-state index contributed by atoms with van der Waals surface area (Å²) in [6, 6.07) is 1.87. The molecule has 1 aromatic rings. The first-order valence-electron chi connectivity index (χ1n) is 4.67. The number of thioether (sulfide) groups is 1. The van der Waals surface area contributed by atoms with Crippen LogP contribution in [0.1, 0.15) is 31.1 Å². The highest BCUT2D eigenvalue weighted by atomic mass is 32.2. The summed E-state index contributed by atoms with van der Waals surface area (Å²) >= 11 is 1.69. The van der Waals surface area contributed by atoms with Gasteiger partial charge in [0.2, 0.25) is 0 Å². The standard InChI is InChI=1S/C11H17NOS/c1-11(2,3)14-8-10(13)9-5-6-12(4)7-9/h5-7H,8H2,1-4H3. The Hall–Kier alpha value is -0.700. The molecule has 0 aliphatic rings. The lowest BCUT2D eigenvalue weighted by molar-refractivity contribution is 0.102. The van der Waals surface area contributed by atoms with Crippen LogP contribution in [-0.4, -0.2) is 20.9 Å². The molecule has 0 aliphatic carbocycles. The molecule has 1 aromatic heterocycles. The van der Waals surface area contributed by atoms with Crippen LogP contribution in [0.2, 0.25) is 0 Å². The predicted octanol–water partition coefficient (Wildman–Crippen LogP) is 2.74. The van der Waals surface area contributed by atoms with Crippen LogP contribution in [0.5, 0.6) is 0 Å². The molecule has 0 aliphatic heterocycles. The lowest BCUT2D eigenvalue weighted by atomic mass is 10.2. The fourth-order valence-corrected chi connectivity index (χ4v) is 1.76. The topological polar surface area (TPSA) is 22.0 Å². The number of carbonyl (C=O) groups is 1. The minimum absolute atomic E-state index is 0.157. The minimum atomic E-state index is 0.157. The molecular weight excluding hydrogens is 194 g/mol. The molecule has 1 heterocycles. The van der Waals surface area contributed by atoms with Crippen molar-refractivity contribution in [1.29, 1.82) is 0 Å². The Balaban J connectivity index is 2.52. The van der Waals surface area contributed by atoms with Crippen LogP contribution < -0.4 is 0 Å². The van der Waals surface area contributed by atoms with Crippen molar-refractivity contribution in [2.75, 3.05) is 5.75 Å². The van der Waals surface area contributed by atoms with E-state index in [1.165, 1.54) is 0 Å². The molecule has 1 rings (SSSR count). The molecule has 0 spiro atoms. The van der Waals surface area contributed by atoms with Gasteiger partial charge < -0.3 is 4.57 Å². The van der Waals surface area contributed by atoms with Gasteiger partial charge in [0.25, 0.3) is 0 Å². The molecule has 3 heteroatoms. The van der Waals surface area contributed by atoms with Gasteiger partial charge in [-0.1, -0.05) is 20.8 Å². The molecule has 0 unspecified atom stereocenters. The number of aromatic nitrogens is 1. The van der Waals surface area contributed by atoms with Crippen LogP contribution in [0.15, 0.2) is 18.5 Å². The molecule has 0 saturated heterocycles. The average molecular weight is 211 g/mol. The fraction of sp³-hybridized carbons (Fsp3) is 0.545. The third kappa shape index (κ3) is 3.58. The molecule has 0 bridgehead atoms. The van der Waals surface area contributed by atoms with Crippen LogP contribution >= 0.6 is 11.8 Å². The van der Waals surface area contributed by atoms with Gasteiger partial charge in [0.1, 0.15) is 0 Å². The van der Waals surface area contributed by atoms with Crippen LogP contribution in [0, 0.1) is 0 Å². The van der Waals surface area contributed by atoms with E-state index < -0.39 is 0 Å². The van der Waals surface area contributed by atoms with Crippen LogP contribution in [0.25, 0.3) is 0 Å². The maximum absolute atomic E-state index is 11.7. The number of hydrogen-bond acceptors (Lipinski definition) is 2. The molecule has 0 aromatic carbocycles. The van der Waals surface area contributed by atoms with E-state index in [1.54, 1.807) is 11.8 Å². The first-order valence-corrected chi connectivity index (χ1v) is 5.66. The van der Waals surface area contributed by atoms with Crippen molar-refractivity contribution in [3.8, 4) is 0 Å². The van der Waals surface area contributed by atoms with E-state index in [9.17, 15) is 4.79 Å². The number of rotatable bonds is 3. The molecule has 0 radical (unpaired) electrons. The van der Waals surface area contributed by atoms with E-state index >= 15 is 0 Å². The number of Topliss-reactive ketones (excluding diaryl/α,β-unsaturated/α-hetero) is 1. The maximum atomic E-state index is 11.7. The lowest BCUT2D eigenvalue weighted by Gasteiger charge is -2.16. The Labute approximate surface area is 89.7 Å². The largest absolute Gasteiger partial charge is 0.357 e. The van der Waals surface area contributed by atoms with Crippen molar-refractivity contribution in [2.24, 2.45) is 7.05 Å². The van der Waals surface area contributed by atoms with Crippen LogP contribution in [-0.2, 0) is 7.05 Å². The zero-order valence-electron chi connectivity index (χ0n) is 9.20. The highest BCUT2D eigenvalue weighted by Gasteiger charge is 2.14. The van der Waals surface area contributed by atoms with E-state index in [-0.39, 0.29) is 10.5 Å². The van der Waals surface area contributed by atoms with Crippen molar-refractivity contribution >= 4 is 17.5 Å². The second-order valence-electron chi connectivity index (χ2n) is 4.39. The van der Waals surface area contributed by atoms with Gasteiger partial charge in [0.05, 0.1) is 5.75 Å². The van der Waals surface area contributed by atoms with E-state index in [1.807, 2.05) is 30.1 Å². The van der Waals surface area contributed by atoms with E-state index in [0.717, 1.165) is 5.56 Å². The van der Waals surface area contributed by atoms with Gasteiger partial charge in [-0.3, -0.25) is 4.79 Å². The second-order valence-corrected chi connectivity index (χ2v) is 6.19. The third-order valence-electron chi connectivity index (χ3n) is 1.79. The van der Waals surface area contributed by atoms with Crippen LogP contribution in [0.3, 0.4) is 0 Å². The molecule has 2 nitrogen and oxygen atoms in total. The van der Waals surface area contributed by atoms with Crippen molar-refractivity contribution in [1.82, 2.24) is 4.57 Å². The summed E-state index contributed by atoms with van der Waals surface area (Å²) in [6.07, 6.45) is 3.76. The number of nitrogens with zero attached hydrogens (tertiary/aromatic N) is 1. The fourth-order valence-electron chi connectivity index (χ4n) is 1.03. The van der Waals surface area contributed by atoms with Gasteiger partial charge in [-0.25, -0.2) is 0 Å². The van der Waals surface area contributed by atoms with E-state index in [0.29, 0.717) is 5.75 Å². The Morgan fingerprint density at radius 1 is 1.50 bits per heavy atom. The normalized spacial score (nSPS) is 11.7. The summed E-state index contributed by atoms with van der Waals surface area (Å²) in [5.41, 5.74) is 0.809. The lowest BCUT2D eigenvalue weighted by Crippen LogP contribution is -2.12. The molecule has 78 valence electrons. The third-order valence-corrected chi connectivity index (χ3v) is 3.06. The maximum Gasteiger partial charge on any atom is 0.174 e. The predicted molar refractivity (Wildman–Crippen MR) is 62.0 cm³/mol. The number of hydrogen-bond donors (Lipinski definition) is 0. The zero-order chi connectivity index (χ0) is 10.8. The Kier molecular flexibility index (Phi) is 3.43. The molecular formula is C11H17NOS. The zero-order valence-corrected chi connectivity index (χ0v) is 10.0. The van der Waals surface area contributed by atoms with Crippen molar-refractivity contribution in [3.63, 3.8) is 0 Å².